The molecule has 0 nitrogen and oxygen atoms in total. The Bertz CT molecular complexity index is 1940. The van der Waals surface area contributed by atoms with E-state index in [4.69, 9.17) is 0 Å². The summed E-state index contributed by atoms with van der Waals surface area (Å²) in [6.07, 6.45) is 0. The molecule has 218 valence electrons. The molecule has 0 unspecified atom stereocenters. The van der Waals surface area contributed by atoms with Crippen molar-refractivity contribution < 1.29 is 0 Å². The van der Waals surface area contributed by atoms with Gasteiger partial charge in [-0.3, -0.25) is 0 Å². The van der Waals surface area contributed by atoms with Crippen LogP contribution in [0.2, 0.25) is 0 Å². The van der Waals surface area contributed by atoms with Gasteiger partial charge in [0.1, 0.15) is 0 Å². The molecular formula is C44H32P2. The molecule has 0 radical (unpaired) electrons. The van der Waals surface area contributed by atoms with Gasteiger partial charge in [-0.1, -0.05) is 182 Å². The summed E-state index contributed by atoms with van der Waals surface area (Å²) in [5, 5.41) is 8.57. The van der Waals surface area contributed by atoms with Crippen LogP contribution in [-0.4, -0.2) is 0 Å². The molecule has 0 saturated heterocycles. The topological polar surface area (TPSA) is 0 Å². The van der Waals surface area contributed by atoms with Crippen LogP contribution in [0.1, 0.15) is 45.2 Å². The van der Waals surface area contributed by atoms with Crippen molar-refractivity contribution in [1.82, 2.24) is 0 Å². The molecule has 7 aromatic rings. The highest BCUT2D eigenvalue weighted by Gasteiger charge is 2.45. The molecule has 2 bridgehead atoms. The van der Waals surface area contributed by atoms with Gasteiger partial charge >= 0.3 is 0 Å². The van der Waals surface area contributed by atoms with E-state index in [9.17, 15) is 0 Å². The van der Waals surface area contributed by atoms with Gasteiger partial charge in [-0.15, -0.1) is 0 Å². The lowest BCUT2D eigenvalue weighted by molar-refractivity contribution is 0.763. The van der Waals surface area contributed by atoms with Crippen molar-refractivity contribution in [1.29, 1.82) is 0 Å². The second kappa shape index (κ2) is 11.6. The molecule has 0 fully saturated rings. The van der Waals surface area contributed by atoms with Gasteiger partial charge in [0, 0.05) is 11.8 Å². The van der Waals surface area contributed by atoms with Crippen molar-refractivity contribution in [3.05, 3.63) is 215 Å². The molecule has 2 heteroatoms. The molecule has 0 atom stereocenters. The van der Waals surface area contributed by atoms with Crippen LogP contribution in [0.15, 0.2) is 182 Å². The number of hydrogen-bond acceptors (Lipinski definition) is 0. The van der Waals surface area contributed by atoms with Crippen LogP contribution in [0.25, 0.3) is 0 Å². The molecule has 0 aliphatic heterocycles. The van der Waals surface area contributed by atoms with Crippen LogP contribution < -0.4 is 31.8 Å². The first-order valence-electron chi connectivity index (χ1n) is 16.0. The first-order valence-corrected chi connectivity index (χ1v) is 18.7. The predicted molar refractivity (Wildman–Crippen MR) is 199 cm³/mol. The van der Waals surface area contributed by atoms with Gasteiger partial charge in [-0.25, -0.2) is 0 Å². The molecule has 0 N–H and O–H groups in total. The van der Waals surface area contributed by atoms with Gasteiger partial charge in [0.25, 0.3) is 0 Å². The molecule has 10 rings (SSSR count). The molecule has 0 saturated carbocycles. The minimum absolute atomic E-state index is 0.174. The second-order valence-corrected chi connectivity index (χ2v) is 16.4. The molecule has 0 heterocycles. The Hall–Kier alpha value is -4.60. The highest BCUT2D eigenvalue weighted by molar-refractivity contribution is 7.80. The van der Waals surface area contributed by atoms with E-state index in [1.54, 1.807) is 0 Å². The molecular weight excluding hydrogens is 590 g/mol. The van der Waals surface area contributed by atoms with E-state index < -0.39 is 15.8 Å². The zero-order chi connectivity index (χ0) is 30.5. The van der Waals surface area contributed by atoms with E-state index in [0.717, 1.165) is 0 Å². The van der Waals surface area contributed by atoms with E-state index in [1.807, 2.05) is 0 Å². The normalized spacial score (nSPS) is 15.8. The summed E-state index contributed by atoms with van der Waals surface area (Å²) >= 11 is 0. The number of rotatable bonds is 6. The zero-order valence-corrected chi connectivity index (χ0v) is 27.2. The van der Waals surface area contributed by atoms with E-state index in [-0.39, 0.29) is 11.8 Å². The smallest absolute Gasteiger partial charge is 0.0362 e. The second-order valence-electron chi connectivity index (χ2n) is 12.1. The summed E-state index contributed by atoms with van der Waals surface area (Å²) in [4.78, 5) is 0. The number of hydrogen-bond donors (Lipinski definition) is 0. The van der Waals surface area contributed by atoms with Gasteiger partial charge in [0.2, 0.25) is 0 Å². The maximum atomic E-state index is 2.44. The standard InChI is InChI=1S/C44H32P2/c1-5-17-31(18-6-1)45(32-19-7-2-8-20-32)39-29-15-27-37-41-35-25-13-14-26-36(35)44(42(37)39)43-38(41)28-16-30-40(43)46(33-21-9-3-10-22-33)34-23-11-4-12-24-34/h1-30,41,44H. The van der Waals surface area contributed by atoms with E-state index >= 15 is 0 Å². The van der Waals surface area contributed by atoms with Gasteiger partial charge in [-0.2, -0.15) is 0 Å². The van der Waals surface area contributed by atoms with E-state index in [2.05, 4.69) is 182 Å². The lowest BCUT2D eigenvalue weighted by Gasteiger charge is -2.45. The van der Waals surface area contributed by atoms with Crippen LogP contribution in [-0.2, 0) is 0 Å². The van der Waals surface area contributed by atoms with Gasteiger partial charge < -0.3 is 0 Å². The third kappa shape index (κ3) is 4.44. The van der Waals surface area contributed by atoms with Gasteiger partial charge in [0.05, 0.1) is 0 Å². The largest absolute Gasteiger partial charge is 0.0622 e. The van der Waals surface area contributed by atoms with Crippen LogP contribution in [0, 0.1) is 0 Å². The third-order valence-corrected chi connectivity index (χ3v) is 14.6. The summed E-state index contributed by atoms with van der Waals surface area (Å²) in [6.45, 7) is 0. The van der Waals surface area contributed by atoms with E-state index in [1.165, 1.54) is 65.2 Å². The van der Waals surface area contributed by atoms with Gasteiger partial charge in [0.15, 0.2) is 0 Å². The van der Waals surface area contributed by atoms with Crippen LogP contribution in [0.4, 0.5) is 0 Å². The minimum Gasteiger partial charge on any atom is -0.0622 e. The molecule has 0 amide bonds. The maximum Gasteiger partial charge on any atom is 0.0362 e. The molecule has 46 heavy (non-hydrogen) atoms. The number of benzene rings is 7. The average molecular weight is 623 g/mol. The lowest BCUT2D eigenvalue weighted by atomic mass is 9.61. The highest BCUT2D eigenvalue weighted by Crippen LogP contribution is 2.57. The Morgan fingerprint density at radius 3 is 0.935 bits per heavy atom. The summed E-state index contributed by atoms with van der Waals surface area (Å²) in [5.41, 5.74) is 8.96. The van der Waals surface area contributed by atoms with Gasteiger partial charge in [-0.05, 0) is 81.1 Å². The van der Waals surface area contributed by atoms with Crippen molar-refractivity contribution in [2.75, 3.05) is 0 Å². The Kier molecular flexibility index (Phi) is 7.01. The molecule has 0 aromatic heterocycles. The first-order chi connectivity index (χ1) is 22.9. The average Bonchev–Trinajstić information content (AvgIpc) is 3.14. The fraction of sp³-hybridized carbons (Fsp3) is 0.0455. The summed E-state index contributed by atoms with van der Waals surface area (Å²) in [7, 11) is -1.52. The summed E-state index contributed by atoms with van der Waals surface area (Å²) in [6, 6.07) is 68.4. The lowest BCUT2D eigenvalue weighted by Crippen LogP contribution is -2.38. The highest BCUT2D eigenvalue weighted by atomic mass is 31.1. The zero-order valence-electron chi connectivity index (χ0n) is 25.4. The molecule has 3 aliphatic rings. The summed E-state index contributed by atoms with van der Waals surface area (Å²) < 4.78 is 0. The van der Waals surface area contributed by atoms with Crippen molar-refractivity contribution in [2.24, 2.45) is 0 Å². The van der Waals surface area contributed by atoms with Crippen LogP contribution in [0.3, 0.4) is 0 Å². The quantitative estimate of drug-likeness (QED) is 0.164. The van der Waals surface area contributed by atoms with Crippen LogP contribution in [0.5, 0.6) is 0 Å². The SMILES string of the molecule is c1ccc(P(c2ccccc2)c2cccc3c2C2c4ccccc4C3c3cccc(P(c4ccccc4)c4ccccc4)c32)cc1. The fourth-order valence-electron chi connectivity index (χ4n) is 7.82. The molecule has 0 spiro atoms. The predicted octanol–water partition coefficient (Wildman–Crippen LogP) is 8.19. The third-order valence-electron chi connectivity index (χ3n) is 9.59. The van der Waals surface area contributed by atoms with Crippen molar-refractivity contribution in [2.45, 2.75) is 11.8 Å². The Balaban J connectivity index is 1.34. The Labute approximate surface area is 273 Å². The minimum atomic E-state index is -0.758. The molecule has 3 aliphatic carbocycles. The van der Waals surface area contributed by atoms with Crippen molar-refractivity contribution >= 4 is 47.7 Å². The maximum absolute atomic E-state index is 2.44. The Morgan fingerprint density at radius 1 is 0.261 bits per heavy atom. The van der Waals surface area contributed by atoms with Crippen molar-refractivity contribution in [3.8, 4) is 0 Å². The summed E-state index contributed by atoms with van der Waals surface area (Å²) in [5.74, 6) is 0.395. The Morgan fingerprint density at radius 2 is 0.565 bits per heavy atom. The van der Waals surface area contributed by atoms with Crippen molar-refractivity contribution in [3.63, 3.8) is 0 Å². The van der Waals surface area contributed by atoms with Crippen LogP contribution >= 0.6 is 15.8 Å². The fourth-order valence-corrected chi connectivity index (χ4v) is 12.9. The first kappa shape index (κ1) is 27.7. The molecule has 7 aromatic carbocycles. The van der Waals surface area contributed by atoms with E-state index in [0.29, 0.717) is 0 Å². The monoisotopic (exact) mass is 622 g/mol.